The average Bonchev–Trinajstić information content (AvgIpc) is 2.64. The van der Waals surface area contributed by atoms with Crippen LogP contribution >= 0.6 is 39.0 Å². The number of nitrogens with two attached hydrogens (primary N) is 1. The zero-order valence-corrected chi connectivity index (χ0v) is 11.9. The molecule has 0 aromatic carbocycles. The Morgan fingerprint density at radius 2 is 2.40 bits per heavy atom. The minimum absolute atomic E-state index is 0.128. The van der Waals surface area contributed by atoms with Gasteiger partial charge in [0.1, 0.15) is 0 Å². The summed E-state index contributed by atoms with van der Waals surface area (Å²) in [6.45, 7) is 1.14. The smallest absolute Gasteiger partial charge is 0.0480 e. The van der Waals surface area contributed by atoms with Gasteiger partial charge in [0.05, 0.1) is 0 Å². The maximum atomic E-state index is 6.33. The maximum Gasteiger partial charge on any atom is 0.0480 e. The van der Waals surface area contributed by atoms with Crippen LogP contribution in [-0.2, 0) is 0 Å². The minimum atomic E-state index is 0.128. The molecule has 1 aromatic heterocycles. The summed E-state index contributed by atoms with van der Waals surface area (Å²) in [5.74, 6) is 2.37. The molecule has 1 aromatic rings. The summed E-state index contributed by atoms with van der Waals surface area (Å²) in [6.07, 6.45) is 0. The molecule has 5 heteroatoms. The van der Waals surface area contributed by atoms with E-state index in [0.29, 0.717) is 6.04 Å². The lowest BCUT2D eigenvalue weighted by Crippen LogP contribution is -2.46. The lowest BCUT2D eigenvalue weighted by atomic mass is 10.0. The molecule has 1 aliphatic heterocycles. The summed E-state index contributed by atoms with van der Waals surface area (Å²) < 4.78 is 1.16. The Labute approximate surface area is 107 Å². The number of thiophene rings is 1. The first kappa shape index (κ1) is 11.9. The predicted molar refractivity (Wildman–Crippen MR) is 72.7 cm³/mol. The molecule has 1 aliphatic rings. The molecule has 1 fully saturated rings. The van der Waals surface area contributed by atoms with Crippen LogP contribution in [-0.4, -0.2) is 36.0 Å². The average molecular weight is 307 g/mol. The van der Waals surface area contributed by atoms with Crippen molar-refractivity contribution in [3.63, 3.8) is 0 Å². The monoisotopic (exact) mass is 306 g/mol. The van der Waals surface area contributed by atoms with E-state index >= 15 is 0 Å². The molecule has 0 saturated carbocycles. The molecule has 2 heterocycles. The van der Waals surface area contributed by atoms with Gasteiger partial charge >= 0.3 is 0 Å². The number of nitrogens with zero attached hydrogens (tertiary/aromatic N) is 1. The molecule has 0 amide bonds. The summed E-state index contributed by atoms with van der Waals surface area (Å²) in [5, 5.41) is 4.26. The van der Waals surface area contributed by atoms with Crippen molar-refractivity contribution in [2.75, 3.05) is 25.1 Å². The zero-order valence-electron chi connectivity index (χ0n) is 8.65. The van der Waals surface area contributed by atoms with Crippen molar-refractivity contribution < 1.29 is 0 Å². The topological polar surface area (TPSA) is 29.3 Å². The van der Waals surface area contributed by atoms with Gasteiger partial charge < -0.3 is 5.73 Å². The summed E-state index contributed by atoms with van der Waals surface area (Å²) in [6, 6.07) is 0.595. The lowest BCUT2D eigenvalue weighted by Gasteiger charge is -2.36. The second-order valence-corrected chi connectivity index (χ2v) is 6.57. The quantitative estimate of drug-likeness (QED) is 0.910. The van der Waals surface area contributed by atoms with Gasteiger partial charge in [0, 0.05) is 40.0 Å². The summed E-state index contributed by atoms with van der Waals surface area (Å²) in [5.41, 5.74) is 7.58. The summed E-state index contributed by atoms with van der Waals surface area (Å²) in [4.78, 5) is 2.38. The van der Waals surface area contributed by atoms with Crippen LogP contribution in [0.5, 0.6) is 0 Å². The fourth-order valence-corrected chi connectivity index (χ4v) is 4.72. The van der Waals surface area contributed by atoms with Crippen molar-refractivity contribution >= 4 is 39.0 Å². The van der Waals surface area contributed by atoms with Gasteiger partial charge in [0.15, 0.2) is 0 Å². The van der Waals surface area contributed by atoms with Crippen LogP contribution in [0.25, 0.3) is 0 Å². The van der Waals surface area contributed by atoms with Gasteiger partial charge in [-0.25, -0.2) is 0 Å². The van der Waals surface area contributed by atoms with E-state index in [1.807, 2.05) is 11.8 Å². The highest BCUT2D eigenvalue weighted by Gasteiger charge is 2.27. The van der Waals surface area contributed by atoms with Gasteiger partial charge in [-0.2, -0.15) is 23.1 Å². The van der Waals surface area contributed by atoms with Gasteiger partial charge in [-0.1, -0.05) is 0 Å². The van der Waals surface area contributed by atoms with Gasteiger partial charge in [-0.05, 0) is 33.9 Å². The summed E-state index contributed by atoms with van der Waals surface area (Å²) in [7, 11) is 2.17. The minimum Gasteiger partial charge on any atom is -0.323 e. The van der Waals surface area contributed by atoms with Crippen molar-refractivity contribution in [2.45, 2.75) is 12.1 Å². The molecule has 15 heavy (non-hydrogen) atoms. The molecule has 2 unspecified atom stereocenters. The van der Waals surface area contributed by atoms with Crippen LogP contribution < -0.4 is 5.73 Å². The van der Waals surface area contributed by atoms with Crippen LogP contribution in [0.4, 0.5) is 0 Å². The van der Waals surface area contributed by atoms with Crippen molar-refractivity contribution in [3.8, 4) is 0 Å². The number of halogens is 1. The molecular weight excluding hydrogens is 292 g/mol. The first-order chi connectivity index (χ1) is 7.20. The van der Waals surface area contributed by atoms with E-state index in [1.54, 1.807) is 11.3 Å². The molecule has 2 nitrogen and oxygen atoms in total. The molecule has 0 aliphatic carbocycles. The fourth-order valence-electron chi connectivity index (χ4n) is 1.82. The van der Waals surface area contributed by atoms with E-state index in [9.17, 15) is 0 Å². The number of hydrogen-bond acceptors (Lipinski definition) is 4. The third-order valence-corrected chi connectivity index (χ3v) is 5.66. The van der Waals surface area contributed by atoms with Crippen molar-refractivity contribution in [1.82, 2.24) is 4.90 Å². The SMILES string of the molecule is CN1CCSCC1C(N)c1cscc1Br. The first-order valence-corrected chi connectivity index (χ1v) is 7.84. The van der Waals surface area contributed by atoms with Crippen molar-refractivity contribution in [3.05, 3.63) is 20.8 Å². The largest absolute Gasteiger partial charge is 0.323 e. The van der Waals surface area contributed by atoms with Crippen LogP contribution in [0.2, 0.25) is 0 Å². The molecule has 1 saturated heterocycles. The van der Waals surface area contributed by atoms with E-state index in [2.05, 4.69) is 38.6 Å². The molecular formula is C10H15BrN2S2. The molecule has 0 spiro atoms. The van der Waals surface area contributed by atoms with E-state index in [-0.39, 0.29) is 6.04 Å². The fraction of sp³-hybridized carbons (Fsp3) is 0.600. The predicted octanol–water partition coefficient (Wildman–Crippen LogP) is 2.56. The van der Waals surface area contributed by atoms with Gasteiger partial charge in [0.2, 0.25) is 0 Å². The molecule has 84 valence electrons. The van der Waals surface area contributed by atoms with Gasteiger partial charge in [0.25, 0.3) is 0 Å². The number of rotatable bonds is 2. The third-order valence-electron chi connectivity index (χ3n) is 2.86. The standard InChI is InChI=1S/C10H15BrN2S2/c1-13-2-3-14-6-9(13)10(12)7-4-15-5-8(7)11/h4-5,9-10H,2-3,6,12H2,1H3. The number of hydrogen-bond donors (Lipinski definition) is 1. The van der Waals surface area contributed by atoms with E-state index in [1.165, 1.54) is 11.3 Å². The molecule has 2 N–H and O–H groups in total. The van der Waals surface area contributed by atoms with E-state index in [0.717, 1.165) is 16.8 Å². The molecule has 2 atom stereocenters. The maximum absolute atomic E-state index is 6.33. The molecule has 0 radical (unpaired) electrons. The number of thioether (sulfide) groups is 1. The number of likely N-dealkylation sites (N-methyl/N-ethyl adjacent to an activating group) is 1. The Morgan fingerprint density at radius 1 is 1.60 bits per heavy atom. The molecule has 0 bridgehead atoms. The van der Waals surface area contributed by atoms with Crippen molar-refractivity contribution in [2.24, 2.45) is 5.73 Å². The van der Waals surface area contributed by atoms with Crippen LogP contribution in [0.1, 0.15) is 11.6 Å². The first-order valence-electron chi connectivity index (χ1n) is 4.95. The van der Waals surface area contributed by atoms with E-state index < -0.39 is 0 Å². The Hall–Kier alpha value is 0.450. The van der Waals surface area contributed by atoms with Gasteiger partial charge in [-0.15, -0.1) is 0 Å². The second kappa shape index (κ2) is 5.19. The van der Waals surface area contributed by atoms with Crippen molar-refractivity contribution in [1.29, 1.82) is 0 Å². The Bertz CT molecular complexity index is 329. The third kappa shape index (κ3) is 2.58. The second-order valence-electron chi connectivity index (χ2n) is 3.82. The normalized spacial score (nSPS) is 25.4. The van der Waals surface area contributed by atoms with Crippen LogP contribution in [0.15, 0.2) is 15.2 Å². The lowest BCUT2D eigenvalue weighted by molar-refractivity contribution is 0.237. The highest BCUT2D eigenvalue weighted by Crippen LogP contribution is 2.31. The Morgan fingerprint density at radius 3 is 3.00 bits per heavy atom. The zero-order chi connectivity index (χ0) is 10.8. The summed E-state index contributed by atoms with van der Waals surface area (Å²) >= 11 is 7.27. The highest BCUT2D eigenvalue weighted by atomic mass is 79.9. The Balaban J connectivity index is 2.13. The Kier molecular flexibility index (Phi) is 4.12. The van der Waals surface area contributed by atoms with Gasteiger partial charge in [-0.3, -0.25) is 4.90 Å². The van der Waals surface area contributed by atoms with E-state index in [4.69, 9.17) is 5.73 Å². The van der Waals surface area contributed by atoms with Crippen LogP contribution in [0.3, 0.4) is 0 Å². The molecule has 2 rings (SSSR count). The van der Waals surface area contributed by atoms with Crippen LogP contribution in [0, 0.1) is 0 Å². The highest BCUT2D eigenvalue weighted by molar-refractivity contribution is 9.10.